The lowest BCUT2D eigenvalue weighted by Crippen LogP contribution is -2.17. The summed E-state index contributed by atoms with van der Waals surface area (Å²) in [5.74, 6) is 2.09. The number of halogens is 2. The molecular formula is C12H17BrClNOS. The highest BCUT2D eigenvalue weighted by atomic mass is 79.9. The molecule has 0 aliphatic rings. The first-order chi connectivity index (χ1) is 8.24. The van der Waals surface area contributed by atoms with Crippen LogP contribution in [0, 0.1) is 0 Å². The normalized spacial score (nSPS) is 10.8. The molecule has 96 valence electrons. The Morgan fingerprint density at radius 2 is 2.18 bits per heavy atom. The highest BCUT2D eigenvalue weighted by Crippen LogP contribution is 2.21. The monoisotopic (exact) mass is 337 g/mol. The van der Waals surface area contributed by atoms with Gasteiger partial charge < -0.3 is 10.4 Å². The average molecular weight is 339 g/mol. The number of nitrogens with one attached hydrogen (secondary N) is 1. The van der Waals surface area contributed by atoms with Gasteiger partial charge in [-0.2, -0.15) is 11.8 Å². The van der Waals surface area contributed by atoms with Crippen LogP contribution in [0.15, 0.2) is 22.7 Å². The summed E-state index contributed by atoms with van der Waals surface area (Å²) >= 11 is 11.3. The first kappa shape index (κ1) is 15.3. The van der Waals surface area contributed by atoms with E-state index in [2.05, 4.69) is 21.2 Å². The smallest absolute Gasteiger partial charge is 0.0462 e. The van der Waals surface area contributed by atoms with Crippen molar-refractivity contribution in [1.29, 1.82) is 0 Å². The molecule has 0 atom stereocenters. The fourth-order valence-corrected chi connectivity index (χ4v) is 2.87. The molecule has 0 spiro atoms. The van der Waals surface area contributed by atoms with Crippen molar-refractivity contribution in [3.63, 3.8) is 0 Å². The maximum atomic E-state index is 8.62. The van der Waals surface area contributed by atoms with E-state index < -0.39 is 0 Å². The molecule has 1 aromatic carbocycles. The lowest BCUT2D eigenvalue weighted by atomic mass is 10.2. The molecule has 0 bridgehead atoms. The summed E-state index contributed by atoms with van der Waals surface area (Å²) in [6.07, 6.45) is 0.878. The second-order valence-electron chi connectivity index (χ2n) is 3.60. The number of aliphatic hydroxyl groups is 1. The largest absolute Gasteiger partial charge is 0.396 e. The van der Waals surface area contributed by atoms with Gasteiger partial charge in [-0.3, -0.25) is 0 Å². The maximum absolute atomic E-state index is 8.62. The molecule has 0 radical (unpaired) electrons. The number of hydrogen-bond donors (Lipinski definition) is 2. The standard InChI is InChI=1S/C12H17BrClNOS/c13-11-3-2-10(12(14)8-11)9-15-4-7-17-6-1-5-16/h2-3,8,15-16H,1,4-7,9H2. The third-order valence-corrected chi connectivity index (χ3v) is 4.12. The first-order valence-electron chi connectivity index (χ1n) is 5.57. The van der Waals surface area contributed by atoms with Gasteiger partial charge in [0.1, 0.15) is 0 Å². The summed E-state index contributed by atoms with van der Waals surface area (Å²) in [7, 11) is 0. The van der Waals surface area contributed by atoms with Crippen LogP contribution in [0.5, 0.6) is 0 Å². The zero-order chi connectivity index (χ0) is 12.5. The minimum atomic E-state index is 0.287. The summed E-state index contributed by atoms with van der Waals surface area (Å²) in [6.45, 7) is 2.05. The Labute approximate surface area is 120 Å². The van der Waals surface area contributed by atoms with Crippen molar-refractivity contribution in [2.24, 2.45) is 0 Å². The third-order valence-electron chi connectivity index (χ3n) is 2.20. The van der Waals surface area contributed by atoms with Gasteiger partial charge in [0.25, 0.3) is 0 Å². The van der Waals surface area contributed by atoms with Gasteiger partial charge in [-0.25, -0.2) is 0 Å². The summed E-state index contributed by atoms with van der Waals surface area (Å²) in [6, 6.07) is 5.94. The predicted molar refractivity (Wildman–Crippen MR) is 79.9 cm³/mol. The predicted octanol–water partition coefficient (Wildman–Crippen LogP) is 3.31. The molecule has 0 heterocycles. The maximum Gasteiger partial charge on any atom is 0.0462 e. The fourth-order valence-electron chi connectivity index (χ4n) is 1.30. The SMILES string of the molecule is OCCCSCCNCc1ccc(Br)cc1Cl. The molecule has 17 heavy (non-hydrogen) atoms. The molecule has 2 N–H and O–H groups in total. The Kier molecular flexibility index (Phi) is 8.31. The molecule has 0 amide bonds. The lowest BCUT2D eigenvalue weighted by Gasteiger charge is -2.07. The van der Waals surface area contributed by atoms with Crippen LogP contribution < -0.4 is 5.32 Å². The summed E-state index contributed by atoms with van der Waals surface area (Å²) < 4.78 is 1.01. The second-order valence-corrected chi connectivity index (χ2v) is 6.15. The number of hydrogen-bond acceptors (Lipinski definition) is 3. The second kappa shape index (κ2) is 9.22. The quantitative estimate of drug-likeness (QED) is 0.713. The Balaban J connectivity index is 2.14. The topological polar surface area (TPSA) is 32.3 Å². The van der Waals surface area contributed by atoms with Gasteiger partial charge in [-0.05, 0) is 29.9 Å². The average Bonchev–Trinajstić information content (AvgIpc) is 2.30. The van der Waals surface area contributed by atoms with Gasteiger partial charge in [0.2, 0.25) is 0 Å². The van der Waals surface area contributed by atoms with Crippen molar-refractivity contribution >= 4 is 39.3 Å². The van der Waals surface area contributed by atoms with Crippen molar-refractivity contribution in [3.8, 4) is 0 Å². The molecule has 0 saturated heterocycles. The van der Waals surface area contributed by atoms with E-state index in [0.29, 0.717) is 0 Å². The molecule has 0 aliphatic heterocycles. The molecule has 0 saturated carbocycles. The van der Waals surface area contributed by atoms with Gasteiger partial charge >= 0.3 is 0 Å². The summed E-state index contributed by atoms with van der Waals surface area (Å²) in [4.78, 5) is 0. The molecule has 0 unspecified atom stereocenters. The van der Waals surface area contributed by atoms with Crippen molar-refractivity contribution in [3.05, 3.63) is 33.3 Å². The van der Waals surface area contributed by atoms with E-state index >= 15 is 0 Å². The molecule has 1 aromatic rings. The summed E-state index contributed by atoms with van der Waals surface area (Å²) in [5, 5.41) is 12.8. The van der Waals surface area contributed by atoms with E-state index in [-0.39, 0.29) is 6.61 Å². The number of thioether (sulfide) groups is 1. The number of rotatable bonds is 8. The van der Waals surface area contributed by atoms with E-state index in [0.717, 1.165) is 46.1 Å². The number of benzene rings is 1. The van der Waals surface area contributed by atoms with Gasteiger partial charge in [0, 0.05) is 34.9 Å². The van der Waals surface area contributed by atoms with Crippen LogP contribution in [0.4, 0.5) is 0 Å². The van der Waals surface area contributed by atoms with Crippen LogP contribution in [0.1, 0.15) is 12.0 Å². The van der Waals surface area contributed by atoms with Crippen molar-refractivity contribution < 1.29 is 5.11 Å². The zero-order valence-corrected chi connectivity index (χ0v) is 12.7. The van der Waals surface area contributed by atoms with Crippen molar-refractivity contribution in [2.45, 2.75) is 13.0 Å². The van der Waals surface area contributed by atoms with E-state index in [4.69, 9.17) is 16.7 Å². The van der Waals surface area contributed by atoms with E-state index in [1.165, 1.54) is 0 Å². The summed E-state index contributed by atoms with van der Waals surface area (Å²) in [5.41, 5.74) is 1.12. The Morgan fingerprint density at radius 1 is 1.35 bits per heavy atom. The molecular weight excluding hydrogens is 322 g/mol. The lowest BCUT2D eigenvalue weighted by molar-refractivity contribution is 0.296. The van der Waals surface area contributed by atoms with Gasteiger partial charge in [-0.15, -0.1) is 0 Å². The van der Waals surface area contributed by atoms with Crippen LogP contribution in [-0.4, -0.2) is 29.8 Å². The van der Waals surface area contributed by atoms with Crippen LogP contribution >= 0.6 is 39.3 Å². The van der Waals surface area contributed by atoms with E-state index in [1.807, 2.05) is 30.0 Å². The van der Waals surface area contributed by atoms with Crippen LogP contribution in [0.3, 0.4) is 0 Å². The van der Waals surface area contributed by atoms with Crippen LogP contribution in [0.25, 0.3) is 0 Å². The third kappa shape index (κ3) is 6.67. The van der Waals surface area contributed by atoms with Gasteiger partial charge in [0.05, 0.1) is 0 Å². The zero-order valence-electron chi connectivity index (χ0n) is 9.59. The Morgan fingerprint density at radius 3 is 2.88 bits per heavy atom. The molecule has 1 rings (SSSR count). The van der Waals surface area contributed by atoms with Crippen molar-refractivity contribution in [2.75, 3.05) is 24.7 Å². The first-order valence-corrected chi connectivity index (χ1v) is 7.90. The Hall–Kier alpha value is 0.260. The molecule has 2 nitrogen and oxygen atoms in total. The highest BCUT2D eigenvalue weighted by Gasteiger charge is 2.00. The molecule has 0 fully saturated rings. The van der Waals surface area contributed by atoms with Gasteiger partial charge in [0.15, 0.2) is 0 Å². The van der Waals surface area contributed by atoms with E-state index in [1.54, 1.807) is 0 Å². The fraction of sp³-hybridized carbons (Fsp3) is 0.500. The molecule has 0 aromatic heterocycles. The Bertz CT molecular complexity index is 338. The molecule has 5 heteroatoms. The minimum Gasteiger partial charge on any atom is -0.396 e. The number of aliphatic hydroxyl groups excluding tert-OH is 1. The van der Waals surface area contributed by atoms with Crippen molar-refractivity contribution in [1.82, 2.24) is 5.32 Å². The highest BCUT2D eigenvalue weighted by molar-refractivity contribution is 9.10. The van der Waals surface area contributed by atoms with Crippen LogP contribution in [-0.2, 0) is 6.54 Å². The van der Waals surface area contributed by atoms with Gasteiger partial charge in [-0.1, -0.05) is 33.6 Å². The minimum absolute atomic E-state index is 0.287. The molecule has 0 aliphatic carbocycles. The van der Waals surface area contributed by atoms with E-state index in [9.17, 15) is 0 Å². The van der Waals surface area contributed by atoms with Crippen LogP contribution in [0.2, 0.25) is 5.02 Å².